The van der Waals surface area contributed by atoms with Crippen LogP contribution in [0.25, 0.3) is 0 Å². The summed E-state index contributed by atoms with van der Waals surface area (Å²) in [7, 11) is 0. The van der Waals surface area contributed by atoms with Crippen LogP contribution in [0.5, 0.6) is 5.88 Å². The molecule has 0 radical (unpaired) electrons. The SMILES string of the molecule is CC(C)C1CCC(C(=O)N2CCC(Oc3cc(C(F)(F)F)ccn3)C2)CC1. The Bertz CT molecular complexity index is 655. The van der Waals surface area contributed by atoms with Gasteiger partial charge in [-0.25, -0.2) is 4.98 Å². The first-order valence-corrected chi connectivity index (χ1v) is 9.72. The summed E-state index contributed by atoms with van der Waals surface area (Å²) in [5, 5.41) is 0. The molecule has 1 aliphatic carbocycles. The van der Waals surface area contributed by atoms with Crippen LogP contribution in [0.2, 0.25) is 0 Å². The van der Waals surface area contributed by atoms with Gasteiger partial charge in [-0.3, -0.25) is 4.79 Å². The molecule has 150 valence electrons. The molecule has 0 N–H and O–H groups in total. The van der Waals surface area contributed by atoms with Crippen LogP contribution in [0.3, 0.4) is 0 Å². The summed E-state index contributed by atoms with van der Waals surface area (Å²) in [6, 6.07) is 1.84. The van der Waals surface area contributed by atoms with Crippen LogP contribution in [-0.4, -0.2) is 35.0 Å². The molecule has 1 unspecified atom stereocenters. The largest absolute Gasteiger partial charge is 0.472 e. The number of halogens is 3. The second-order valence-electron chi connectivity index (χ2n) is 8.05. The topological polar surface area (TPSA) is 42.4 Å². The highest BCUT2D eigenvalue weighted by Gasteiger charge is 2.35. The number of aromatic nitrogens is 1. The van der Waals surface area contributed by atoms with Crippen molar-refractivity contribution >= 4 is 5.91 Å². The highest BCUT2D eigenvalue weighted by molar-refractivity contribution is 5.79. The van der Waals surface area contributed by atoms with Gasteiger partial charge in [0.2, 0.25) is 11.8 Å². The molecule has 7 heteroatoms. The Labute approximate surface area is 158 Å². The molecule has 1 aromatic heterocycles. The average molecular weight is 384 g/mol. The molecule has 3 rings (SSSR count). The summed E-state index contributed by atoms with van der Waals surface area (Å²) >= 11 is 0. The van der Waals surface area contributed by atoms with Gasteiger partial charge >= 0.3 is 6.18 Å². The Kier molecular flexibility index (Phi) is 5.96. The lowest BCUT2D eigenvalue weighted by Crippen LogP contribution is -2.37. The number of hydrogen-bond acceptors (Lipinski definition) is 3. The Morgan fingerprint density at radius 3 is 2.56 bits per heavy atom. The van der Waals surface area contributed by atoms with Crippen molar-refractivity contribution in [2.24, 2.45) is 17.8 Å². The lowest BCUT2D eigenvalue weighted by Gasteiger charge is -2.32. The molecule has 4 nitrogen and oxygen atoms in total. The van der Waals surface area contributed by atoms with Gasteiger partial charge < -0.3 is 9.64 Å². The van der Waals surface area contributed by atoms with E-state index in [4.69, 9.17) is 4.74 Å². The van der Waals surface area contributed by atoms with Crippen LogP contribution in [0.1, 0.15) is 51.5 Å². The third kappa shape index (κ3) is 4.93. The Balaban J connectivity index is 1.52. The molecule has 2 heterocycles. The van der Waals surface area contributed by atoms with Crippen LogP contribution < -0.4 is 4.74 Å². The van der Waals surface area contributed by atoms with Crippen molar-refractivity contribution in [3.05, 3.63) is 23.9 Å². The molecular formula is C20H27F3N2O2. The number of ether oxygens (including phenoxy) is 1. The van der Waals surface area contributed by atoms with Crippen LogP contribution >= 0.6 is 0 Å². The van der Waals surface area contributed by atoms with Gasteiger partial charge in [-0.1, -0.05) is 13.8 Å². The van der Waals surface area contributed by atoms with Gasteiger partial charge in [-0.2, -0.15) is 13.2 Å². The van der Waals surface area contributed by atoms with Gasteiger partial charge in [0.25, 0.3) is 0 Å². The number of nitrogens with zero attached hydrogens (tertiary/aromatic N) is 2. The van der Waals surface area contributed by atoms with E-state index in [-0.39, 0.29) is 23.8 Å². The van der Waals surface area contributed by atoms with Crippen molar-refractivity contribution in [1.82, 2.24) is 9.88 Å². The van der Waals surface area contributed by atoms with Crippen molar-refractivity contribution in [1.29, 1.82) is 0 Å². The fourth-order valence-electron chi connectivity index (χ4n) is 4.14. The van der Waals surface area contributed by atoms with Crippen molar-refractivity contribution in [2.45, 2.75) is 58.2 Å². The summed E-state index contributed by atoms with van der Waals surface area (Å²) in [5.74, 6) is 1.56. The number of carbonyl (C=O) groups excluding carboxylic acids is 1. The summed E-state index contributed by atoms with van der Waals surface area (Å²) < 4.78 is 44.0. The van der Waals surface area contributed by atoms with E-state index in [1.807, 2.05) is 0 Å². The van der Waals surface area contributed by atoms with Crippen LogP contribution in [0, 0.1) is 17.8 Å². The van der Waals surface area contributed by atoms with Crippen molar-refractivity contribution in [3.8, 4) is 5.88 Å². The molecular weight excluding hydrogens is 357 g/mol. The number of hydrogen-bond donors (Lipinski definition) is 0. The van der Waals surface area contributed by atoms with Gasteiger partial charge in [0.1, 0.15) is 6.10 Å². The zero-order chi connectivity index (χ0) is 19.6. The number of pyridine rings is 1. The molecule has 2 fully saturated rings. The predicted octanol–water partition coefficient (Wildman–Crippen LogP) is 4.54. The Morgan fingerprint density at radius 2 is 1.93 bits per heavy atom. The standard InChI is InChI=1S/C20H27F3N2O2/c1-13(2)14-3-5-15(6-4-14)19(26)25-10-8-17(12-25)27-18-11-16(7-9-24-18)20(21,22)23/h7,9,11,13-15,17H,3-6,8,10,12H2,1-2H3. The summed E-state index contributed by atoms with van der Waals surface area (Å²) in [6.07, 6.45) is 1.03. The molecule has 1 amide bonds. The highest BCUT2D eigenvalue weighted by atomic mass is 19.4. The number of likely N-dealkylation sites (tertiary alicyclic amines) is 1. The van der Waals surface area contributed by atoms with Gasteiger partial charge in [0.15, 0.2) is 0 Å². The zero-order valence-corrected chi connectivity index (χ0v) is 15.8. The van der Waals surface area contributed by atoms with E-state index in [9.17, 15) is 18.0 Å². The first-order chi connectivity index (χ1) is 12.7. The van der Waals surface area contributed by atoms with E-state index in [1.165, 1.54) is 0 Å². The van der Waals surface area contributed by atoms with Gasteiger partial charge in [-0.05, 0) is 43.6 Å². The predicted molar refractivity (Wildman–Crippen MR) is 95.1 cm³/mol. The molecule has 1 atom stereocenters. The highest BCUT2D eigenvalue weighted by Crippen LogP contribution is 2.35. The maximum Gasteiger partial charge on any atom is 0.416 e. The maximum atomic E-state index is 12.8. The molecule has 0 bridgehead atoms. The van der Waals surface area contributed by atoms with E-state index in [0.717, 1.165) is 44.0 Å². The first-order valence-electron chi connectivity index (χ1n) is 9.72. The van der Waals surface area contributed by atoms with Gasteiger partial charge in [-0.15, -0.1) is 0 Å². The molecule has 27 heavy (non-hydrogen) atoms. The zero-order valence-electron chi connectivity index (χ0n) is 15.8. The molecule has 1 saturated heterocycles. The summed E-state index contributed by atoms with van der Waals surface area (Å²) in [5.41, 5.74) is -0.777. The number of carbonyl (C=O) groups is 1. The second-order valence-corrected chi connectivity index (χ2v) is 8.05. The normalized spacial score (nSPS) is 26.4. The molecule has 0 spiro atoms. The van der Waals surface area contributed by atoms with Crippen molar-refractivity contribution in [2.75, 3.05) is 13.1 Å². The van der Waals surface area contributed by atoms with E-state index in [0.29, 0.717) is 31.3 Å². The van der Waals surface area contributed by atoms with Gasteiger partial charge in [0.05, 0.1) is 12.1 Å². The third-order valence-electron chi connectivity index (χ3n) is 5.87. The Hall–Kier alpha value is -1.79. The van der Waals surface area contributed by atoms with Crippen molar-refractivity contribution < 1.29 is 22.7 Å². The molecule has 1 aliphatic heterocycles. The minimum Gasteiger partial charge on any atom is -0.472 e. The summed E-state index contributed by atoms with van der Waals surface area (Å²) in [4.78, 5) is 18.4. The van der Waals surface area contributed by atoms with E-state index < -0.39 is 11.7 Å². The number of alkyl halides is 3. The van der Waals surface area contributed by atoms with Crippen LogP contribution in [0.4, 0.5) is 13.2 Å². The third-order valence-corrected chi connectivity index (χ3v) is 5.87. The molecule has 0 aromatic carbocycles. The maximum absolute atomic E-state index is 12.8. The number of rotatable bonds is 4. The quantitative estimate of drug-likeness (QED) is 0.765. The fraction of sp³-hybridized carbons (Fsp3) is 0.700. The van der Waals surface area contributed by atoms with Crippen LogP contribution in [-0.2, 0) is 11.0 Å². The van der Waals surface area contributed by atoms with E-state index >= 15 is 0 Å². The van der Waals surface area contributed by atoms with E-state index in [2.05, 4.69) is 18.8 Å². The van der Waals surface area contributed by atoms with Crippen LogP contribution in [0.15, 0.2) is 18.3 Å². The lowest BCUT2D eigenvalue weighted by atomic mass is 9.76. The first kappa shape index (κ1) is 20.0. The molecule has 1 saturated carbocycles. The summed E-state index contributed by atoms with van der Waals surface area (Å²) in [6.45, 7) is 5.47. The van der Waals surface area contributed by atoms with Crippen molar-refractivity contribution in [3.63, 3.8) is 0 Å². The second kappa shape index (κ2) is 8.07. The molecule has 2 aliphatic rings. The molecule has 1 aromatic rings. The minimum atomic E-state index is -4.42. The van der Waals surface area contributed by atoms with Gasteiger partial charge in [0, 0.05) is 31.1 Å². The monoisotopic (exact) mass is 384 g/mol. The average Bonchev–Trinajstić information content (AvgIpc) is 3.09. The Morgan fingerprint density at radius 1 is 1.22 bits per heavy atom. The van der Waals surface area contributed by atoms with E-state index in [1.54, 1.807) is 4.90 Å². The fourth-order valence-corrected chi connectivity index (χ4v) is 4.14. The minimum absolute atomic E-state index is 0.0402. The smallest absolute Gasteiger partial charge is 0.416 e. The number of amides is 1. The lowest BCUT2D eigenvalue weighted by molar-refractivity contribution is -0.137.